The van der Waals surface area contributed by atoms with E-state index in [4.69, 9.17) is 14.1 Å². The van der Waals surface area contributed by atoms with E-state index in [0.717, 1.165) is 56.6 Å². The van der Waals surface area contributed by atoms with Crippen LogP contribution >= 0.6 is 0 Å². The first kappa shape index (κ1) is 18.0. The van der Waals surface area contributed by atoms with Crippen molar-refractivity contribution in [3.8, 4) is 11.3 Å². The summed E-state index contributed by atoms with van der Waals surface area (Å²) in [6.45, 7) is 9.26. The molecule has 144 valence electrons. The zero-order valence-electron chi connectivity index (χ0n) is 16.2. The molecule has 1 atom stereocenters. The Morgan fingerprint density at radius 1 is 1.30 bits per heavy atom. The molecule has 1 spiro atoms. The fourth-order valence-electron chi connectivity index (χ4n) is 3.89. The van der Waals surface area contributed by atoms with Crippen molar-refractivity contribution < 1.29 is 9.15 Å². The van der Waals surface area contributed by atoms with E-state index in [0.29, 0.717) is 17.9 Å². The molecule has 0 aliphatic carbocycles. The van der Waals surface area contributed by atoms with E-state index in [-0.39, 0.29) is 0 Å². The van der Waals surface area contributed by atoms with E-state index < -0.39 is 0 Å². The molecule has 4 rings (SSSR count). The number of likely N-dealkylation sites (tertiary alicyclic amines) is 1. The van der Waals surface area contributed by atoms with Gasteiger partial charge in [-0.25, -0.2) is 9.98 Å². The average Bonchev–Trinajstić information content (AvgIpc) is 3.42. The maximum atomic E-state index is 5.91. The van der Waals surface area contributed by atoms with E-state index in [9.17, 15) is 0 Å². The molecule has 1 aromatic heterocycles. The highest BCUT2D eigenvalue weighted by Crippen LogP contribution is 2.38. The Morgan fingerprint density at radius 3 is 2.89 bits per heavy atom. The predicted molar refractivity (Wildman–Crippen MR) is 106 cm³/mol. The Balaban J connectivity index is 1.44. The van der Waals surface area contributed by atoms with E-state index in [1.165, 1.54) is 12.0 Å². The first-order chi connectivity index (χ1) is 13.2. The number of oxazole rings is 1. The molecule has 1 unspecified atom stereocenters. The van der Waals surface area contributed by atoms with Gasteiger partial charge in [0.15, 0.2) is 11.7 Å². The van der Waals surface area contributed by atoms with Crippen LogP contribution in [0.3, 0.4) is 0 Å². The van der Waals surface area contributed by atoms with Crippen LogP contribution in [-0.4, -0.2) is 48.7 Å². The molecular weight excluding hydrogens is 340 g/mol. The van der Waals surface area contributed by atoms with Crippen LogP contribution in [-0.2, 0) is 11.3 Å². The Labute approximate surface area is 160 Å². The molecule has 0 saturated carbocycles. The van der Waals surface area contributed by atoms with Crippen LogP contribution in [0.2, 0.25) is 0 Å². The first-order valence-corrected chi connectivity index (χ1v) is 9.80. The molecule has 6 heteroatoms. The van der Waals surface area contributed by atoms with Gasteiger partial charge in [0.1, 0.15) is 6.54 Å². The fraction of sp³-hybridized carbons (Fsp3) is 0.524. The monoisotopic (exact) mass is 368 g/mol. The van der Waals surface area contributed by atoms with Crippen molar-refractivity contribution in [2.24, 2.45) is 10.4 Å². The summed E-state index contributed by atoms with van der Waals surface area (Å²) in [5.41, 5.74) is 2.59. The molecule has 1 aromatic carbocycles. The lowest BCUT2D eigenvalue weighted by molar-refractivity contribution is 0.156. The second kappa shape index (κ2) is 7.72. The van der Waals surface area contributed by atoms with Gasteiger partial charge in [-0.1, -0.05) is 29.8 Å². The summed E-state index contributed by atoms with van der Waals surface area (Å²) in [5.74, 6) is 2.36. The fourth-order valence-corrected chi connectivity index (χ4v) is 3.89. The number of nitrogens with zero attached hydrogens (tertiary/aromatic N) is 3. The third-order valence-electron chi connectivity index (χ3n) is 5.51. The molecule has 2 aliphatic rings. The van der Waals surface area contributed by atoms with E-state index in [1.807, 2.05) is 0 Å². The van der Waals surface area contributed by atoms with Gasteiger partial charge in [0, 0.05) is 37.2 Å². The lowest BCUT2D eigenvalue weighted by Gasteiger charge is -2.24. The van der Waals surface area contributed by atoms with Crippen molar-refractivity contribution in [3.63, 3.8) is 0 Å². The summed E-state index contributed by atoms with van der Waals surface area (Å²) < 4.78 is 11.5. The van der Waals surface area contributed by atoms with E-state index in [2.05, 4.69) is 53.3 Å². The number of rotatable bonds is 4. The minimum Gasteiger partial charge on any atom is -0.439 e. The number of benzene rings is 1. The van der Waals surface area contributed by atoms with Gasteiger partial charge in [-0.3, -0.25) is 0 Å². The van der Waals surface area contributed by atoms with Gasteiger partial charge in [-0.15, -0.1) is 0 Å². The second-order valence-electron chi connectivity index (χ2n) is 7.63. The van der Waals surface area contributed by atoms with Crippen molar-refractivity contribution in [2.75, 3.05) is 32.8 Å². The highest BCUT2D eigenvalue weighted by atomic mass is 16.5. The predicted octanol–water partition coefficient (Wildman–Crippen LogP) is 3.23. The Kier molecular flexibility index (Phi) is 5.16. The number of ether oxygens (including phenoxy) is 1. The van der Waals surface area contributed by atoms with Crippen LogP contribution in [0.5, 0.6) is 0 Å². The molecule has 0 bridgehead atoms. The Hall–Kier alpha value is -2.34. The number of aliphatic imine (C=N–C) groups is 1. The zero-order valence-corrected chi connectivity index (χ0v) is 16.2. The number of nitrogens with one attached hydrogen (secondary N) is 1. The molecule has 6 nitrogen and oxygen atoms in total. The van der Waals surface area contributed by atoms with Crippen molar-refractivity contribution in [2.45, 2.75) is 33.2 Å². The Morgan fingerprint density at radius 2 is 2.15 bits per heavy atom. The van der Waals surface area contributed by atoms with Crippen LogP contribution in [0, 0.1) is 12.3 Å². The van der Waals surface area contributed by atoms with Crippen LogP contribution in [0.4, 0.5) is 0 Å². The molecule has 0 radical (unpaired) electrons. The molecule has 3 heterocycles. The maximum Gasteiger partial charge on any atom is 0.216 e. The average molecular weight is 368 g/mol. The zero-order chi connectivity index (χ0) is 18.7. The van der Waals surface area contributed by atoms with Crippen molar-refractivity contribution in [1.29, 1.82) is 0 Å². The largest absolute Gasteiger partial charge is 0.439 e. The molecular formula is C21H28N4O2. The third kappa shape index (κ3) is 4.00. The van der Waals surface area contributed by atoms with Crippen molar-refractivity contribution in [3.05, 3.63) is 41.9 Å². The summed E-state index contributed by atoms with van der Waals surface area (Å²) in [5, 5.41) is 3.41. The molecule has 0 amide bonds. The topological polar surface area (TPSA) is 62.9 Å². The minimum atomic E-state index is 0.317. The van der Waals surface area contributed by atoms with Crippen LogP contribution in [0.15, 0.2) is 39.9 Å². The summed E-state index contributed by atoms with van der Waals surface area (Å²) in [6, 6.07) is 8.27. The van der Waals surface area contributed by atoms with Crippen LogP contribution in [0.25, 0.3) is 11.3 Å². The standard InChI is InChI=1S/C21H28N4O2/c1-3-22-20(25-10-8-21(14-25)9-11-26-15-21)24-13-19-23-12-18(27-19)17-6-4-16(2)5-7-17/h4-7,12H,3,8-11,13-15H2,1-2H3,(H,22,24). The number of aromatic nitrogens is 1. The highest BCUT2D eigenvalue weighted by Gasteiger charge is 2.42. The summed E-state index contributed by atoms with van der Waals surface area (Å²) in [4.78, 5) is 11.5. The van der Waals surface area contributed by atoms with Crippen molar-refractivity contribution >= 4 is 5.96 Å². The number of hydrogen-bond acceptors (Lipinski definition) is 4. The molecule has 2 aliphatic heterocycles. The molecule has 27 heavy (non-hydrogen) atoms. The summed E-state index contributed by atoms with van der Waals surface area (Å²) >= 11 is 0. The molecule has 1 N–H and O–H groups in total. The van der Waals surface area contributed by atoms with Gasteiger partial charge < -0.3 is 19.4 Å². The van der Waals surface area contributed by atoms with Crippen LogP contribution in [0.1, 0.15) is 31.2 Å². The molecule has 2 aromatic rings. The third-order valence-corrected chi connectivity index (χ3v) is 5.51. The lowest BCUT2D eigenvalue weighted by Crippen LogP contribution is -2.41. The second-order valence-corrected chi connectivity index (χ2v) is 7.63. The lowest BCUT2D eigenvalue weighted by atomic mass is 9.87. The normalized spacial score (nSPS) is 22.7. The van der Waals surface area contributed by atoms with Crippen molar-refractivity contribution in [1.82, 2.24) is 15.2 Å². The minimum absolute atomic E-state index is 0.317. The molecule has 2 fully saturated rings. The smallest absolute Gasteiger partial charge is 0.216 e. The first-order valence-electron chi connectivity index (χ1n) is 9.80. The number of guanidine groups is 1. The number of hydrogen-bond donors (Lipinski definition) is 1. The van der Waals surface area contributed by atoms with E-state index >= 15 is 0 Å². The SMILES string of the molecule is CCNC(=NCc1ncc(-c2ccc(C)cc2)o1)N1CCC2(CCOC2)C1. The Bertz CT molecular complexity index is 791. The van der Waals surface area contributed by atoms with Crippen LogP contribution < -0.4 is 5.32 Å². The highest BCUT2D eigenvalue weighted by molar-refractivity contribution is 5.80. The summed E-state index contributed by atoms with van der Waals surface area (Å²) in [7, 11) is 0. The van der Waals surface area contributed by atoms with Gasteiger partial charge in [0.2, 0.25) is 5.89 Å². The van der Waals surface area contributed by atoms with Gasteiger partial charge in [0.25, 0.3) is 0 Å². The summed E-state index contributed by atoms with van der Waals surface area (Å²) in [6.07, 6.45) is 4.11. The van der Waals surface area contributed by atoms with Gasteiger partial charge >= 0.3 is 0 Å². The quantitative estimate of drug-likeness (QED) is 0.663. The maximum absolute atomic E-state index is 5.91. The van der Waals surface area contributed by atoms with Gasteiger partial charge in [-0.05, 0) is 26.7 Å². The van der Waals surface area contributed by atoms with Gasteiger partial charge in [0.05, 0.1) is 12.8 Å². The van der Waals surface area contributed by atoms with E-state index in [1.54, 1.807) is 6.20 Å². The number of aryl methyl sites for hydroxylation is 1. The van der Waals surface area contributed by atoms with Gasteiger partial charge in [-0.2, -0.15) is 0 Å². The molecule has 2 saturated heterocycles.